The first-order chi connectivity index (χ1) is 19.1. The molecule has 0 spiro atoms. The molecule has 5 amide bonds. The predicted molar refractivity (Wildman–Crippen MR) is 145 cm³/mol. The minimum Gasteiger partial charge on any atom is -0.504 e. The van der Waals surface area contributed by atoms with E-state index >= 15 is 0 Å². The highest BCUT2D eigenvalue weighted by Gasteiger charge is 2.47. The van der Waals surface area contributed by atoms with Crippen molar-refractivity contribution < 1.29 is 34.2 Å². The highest BCUT2D eigenvalue weighted by Crippen LogP contribution is 2.33. The van der Waals surface area contributed by atoms with Gasteiger partial charge in [0.15, 0.2) is 11.5 Å². The number of amides is 5. The van der Waals surface area contributed by atoms with Crippen molar-refractivity contribution in [1.82, 2.24) is 15.1 Å². The summed E-state index contributed by atoms with van der Waals surface area (Å²) in [7, 11) is 1.35. The Hall–Kier alpha value is -4.45. The van der Waals surface area contributed by atoms with Gasteiger partial charge >= 0.3 is 0 Å². The highest BCUT2D eigenvalue weighted by atomic mass is 16.3. The van der Waals surface area contributed by atoms with Crippen molar-refractivity contribution in [2.75, 3.05) is 25.5 Å². The van der Waals surface area contributed by atoms with Gasteiger partial charge in [-0.15, -0.1) is 0 Å². The molecule has 0 aliphatic carbocycles. The maximum atomic E-state index is 13.2. The molecule has 2 aromatic rings. The number of aromatic hydroxyl groups is 2. The number of nitrogens with one attached hydrogen (secondary N) is 2. The number of nitrogens with zero attached hydrogens (tertiary/aromatic N) is 2. The quantitative estimate of drug-likeness (QED) is 0.155. The Morgan fingerprint density at radius 2 is 1.77 bits per heavy atom. The summed E-state index contributed by atoms with van der Waals surface area (Å²) < 4.78 is 0. The number of carbonyl (C=O) groups excluding carboxylic acids is 5. The summed E-state index contributed by atoms with van der Waals surface area (Å²) >= 11 is 0. The lowest BCUT2D eigenvalue weighted by atomic mass is 10.0. The lowest BCUT2D eigenvalue weighted by molar-refractivity contribution is -0.149. The Bertz CT molecular complexity index is 1340. The second kappa shape index (κ2) is 12.2. The monoisotopic (exact) mass is 551 g/mol. The Kier molecular flexibility index (Phi) is 8.68. The number of hydrogen-bond acceptors (Lipinski definition) is 9. The number of likely N-dealkylation sites (tertiary alicyclic amines) is 1. The number of fused-ring (bicyclic) bond motifs is 1. The van der Waals surface area contributed by atoms with Crippen molar-refractivity contribution in [3.8, 4) is 11.5 Å². The third-order valence-electron chi connectivity index (χ3n) is 7.18. The number of likely N-dealkylation sites (N-methyl/N-ethyl adjacent to an activating group) is 1. The number of imide groups is 2. The summed E-state index contributed by atoms with van der Waals surface area (Å²) in [6.45, 7) is 0.956. The van der Waals surface area contributed by atoms with E-state index in [0.717, 1.165) is 22.6 Å². The van der Waals surface area contributed by atoms with E-state index in [4.69, 9.17) is 5.73 Å². The second-order valence-electron chi connectivity index (χ2n) is 9.97. The minimum atomic E-state index is -1.00. The van der Waals surface area contributed by atoms with Gasteiger partial charge in [0.2, 0.25) is 11.8 Å². The molecule has 2 atom stereocenters. The zero-order valence-corrected chi connectivity index (χ0v) is 22.2. The van der Waals surface area contributed by atoms with Gasteiger partial charge in [0.05, 0.1) is 17.2 Å². The number of phenols is 2. The fraction of sp³-hybridized carbons (Fsp3) is 0.393. The number of rotatable bonds is 11. The van der Waals surface area contributed by atoms with Crippen LogP contribution < -0.4 is 16.4 Å². The summed E-state index contributed by atoms with van der Waals surface area (Å²) in [5.41, 5.74) is 7.54. The normalized spacial score (nSPS) is 17.7. The van der Waals surface area contributed by atoms with E-state index in [9.17, 15) is 34.2 Å². The predicted octanol–water partition coefficient (Wildman–Crippen LogP) is 1.11. The molecule has 2 aliphatic rings. The van der Waals surface area contributed by atoms with Crippen LogP contribution in [0.3, 0.4) is 0 Å². The first-order valence-electron chi connectivity index (χ1n) is 13.2. The Morgan fingerprint density at radius 3 is 2.52 bits per heavy atom. The average molecular weight is 552 g/mol. The third kappa shape index (κ3) is 5.91. The lowest BCUT2D eigenvalue weighted by Gasteiger charge is -2.32. The van der Waals surface area contributed by atoms with Crippen LogP contribution in [0.5, 0.6) is 11.5 Å². The van der Waals surface area contributed by atoms with Gasteiger partial charge in [0, 0.05) is 32.2 Å². The Labute approximate surface area is 231 Å². The summed E-state index contributed by atoms with van der Waals surface area (Å²) in [6, 6.07) is 7.45. The van der Waals surface area contributed by atoms with Crippen molar-refractivity contribution in [2.24, 2.45) is 5.73 Å². The van der Waals surface area contributed by atoms with E-state index in [0.29, 0.717) is 30.8 Å². The van der Waals surface area contributed by atoms with Gasteiger partial charge in [0.1, 0.15) is 6.04 Å². The molecule has 2 aromatic carbocycles. The number of hydrogen-bond donors (Lipinski definition) is 5. The first kappa shape index (κ1) is 28.6. The molecule has 0 bridgehead atoms. The maximum absolute atomic E-state index is 13.2. The minimum absolute atomic E-state index is 0.0841. The molecule has 12 heteroatoms. The van der Waals surface area contributed by atoms with Gasteiger partial charge < -0.3 is 26.6 Å². The molecule has 2 aliphatic heterocycles. The molecule has 0 saturated carbocycles. The van der Waals surface area contributed by atoms with Crippen LogP contribution in [0.4, 0.5) is 5.69 Å². The largest absolute Gasteiger partial charge is 0.504 e. The molecule has 212 valence electrons. The molecule has 1 unspecified atom stereocenters. The van der Waals surface area contributed by atoms with Gasteiger partial charge in [-0.25, -0.2) is 0 Å². The molecule has 0 aromatic heterocycles. The zero-order valence-electron chi connectivity index (χ0n) is 22.2. The Balaban J connectivity index is 1.22. The standard InChI is InChI=1S/C28H33N5O7/c1-32-23(36)11-9-20(27(32)39)33-26(38)17-6-5-7-19(24(17)28(33)40)30-12-3-2-4-13-31-25(37)18(29)14-16-8-10-21(34)22(35)15-16/h5-8,10,15,18,20,30,34-35H,2-4,9,11-14,29H2,1H3,(H,31,37)/t18-,20?/m0/s1. The van der Waals surface area contributed by atoms with Crippen LogP contribution in [0.15, 0.2) is 36.4 Å². The van der Waals surface area contributed by atoms with Crippen LogP contribution in [-0.2, 0) is 20.8 Å². The van der Waals surface area contributed by atoms with E-state index in [2.05, 4.69) is 10.6 Å². The molecule has 40 heavy (non-hydrogen) atoms. The smallest absolute Gasteiger partial charge is 0.264 e. The molecule has 2 heterocycles. The van der Waals surface area contributed by atoms with Crippen LogP contribution in [0, 0.1) is 0 Å². The van der Waals surface area contributed by atoms with Crippen molar-refractivity contribution in [3.63, 3.8) is 0 Å². The Morgan fingerprint density at radius 1 is 1.02 bits per heavy atom. The van der Waals surface area contributed by atoms with Gasteiger partial charge in [-0.2, -0.15) is 0 Å². The number of anilines is 1. The average Bonchev–Trinajstić information content (AvgIpc) is 3.19. The van der Waals surface area contributed by atoms with Gasteiger partial charge in [-0.05, 0) is 61.9 Å². The fourth-order valence-corrected chi connectivity index (χ4v) is 4.91. The van der Waals surface area contributed by atoms with Gasteiger partial charge in [0.25, 0.3) is 17.7 Å². The molecule has 12 nitrogen and oxygen atoms in total. The maximum Gasteiger partial charge on any atom is 0.264 e. The third-order valence-corrected chi connectivity index (χ3v) is 7.18. The van der Waals surface area contributed by atoms with E-state index < -0.39 is 29.8 Å². The van der Waals surface area contributed by atoms with Gasteiger partial charge in [-0.3, -0.25) is 33.8 Å². The second-order valence-corrected chi connectivity index (χ2v) is 9.97. The highest BCUT2D eigenvalue weighted by molar-refractivity contribution is 6.25. The van der Waals surface area contributed by atoms with E-state index in [-0.39, 0.29) is 53.7 Å². The summed E-state index contributed by atoms with van der Waals surface area (Å²) in [6.07, 6.45) is 2.62. The lowest BCUT2D eigenvalue weighted by Crippen LogP contribution is -2.54. The molecular weight excluding hydrogens is 518 g/mol. The summed E-state index contributed by atoms with van der Waals surface area (Å²) in [5, 5.41) is 25.0. The number of benzene rings is 2. The number of nitrogens with two attached hydrogens (primary N) is 1. The number of carbonyl (C=O) groups is 5. The molecule has 1 fully saturated rings. The van der Waals surface area contributed by atoms with Crippen LogP contribution in [0.25, 0.3) is 0 Å². The summed E-state index contributed by atoms with van der Waals surface area (Å²) in [4.78, 5) is 64.9. The van der Waals surface area contributed by atoms with Crippen molar-refractivity contribution in [1.29, 1.82) is 0 Å². The number of piperidine rings is 1. The molecule has 1 saturated heterocycles. The van der Waals surface area contributed by atoms with Crippen LogP contribution in [-0.4, -0.2) is 81.8 Å². The zero-order chi connectivity index (χ0) is 29.0. The molecule has 0 radical (unpaired) electrons. The van der Waals surface area contributed by atoms with E-state index in [1.165, 1.54) is 19.2 Å². The molecule has 6 N–H and O–H groups in total. The van der Waals surface area contributed by atoms with Crippen molar-refractivity contribution in [3.05, 3.63) is 53.1 Å². The van der Waals surface area contributed by atoms with Crippen LogP contribution >= 0.6 is 0 Å². The van der Waals surface area contributed by atoms with Crippen molar-refractivity contribution >= 4 is 35.2 Å². The molecular formula is C28H33N5O7. The fourth-order valence-electron chi connectivity index (χ4n) is 4.91. The number of phenolic OH excluding ortho intramolecular Hbond substituents is 2. The topological polar surface area (TPSA) is 182 Å². The van der Waals surface area contributed by atoms with Gasteiger partial charge in [-0.1, -0.05) is 12.1 Å². The molecule has 4 rings (SSSR count). The number of unbranched alkanes of at least 4 members (excludes halogenated alkanes) is 2. The van der Waals surface area contributed by atoms with E-state index in [1.54, 1.807) is 24.3 Å². The van der Waals surface area contributed by atoms with Crippen LogP contribution in [0.2, 0.25) is 0 Å². The summed E-state index contributed by atoms with van der Waals surface area (Å²) in [5.74, 6) is -2.81. The van der Waals surface area contributed by atoms with E-state index in [1.807, 2.05) is 0 Å². The SMILES string of the molecule is CN1C(=O)CCC(N2C(=O)c3cccc(NCCCCCNC(=O)[C@@H](N)Cc4ccc(O)c(O)c4)c3C2=O)C1=O. The first-order valence-corrected chi connectivity index (χ1v) is 13.2. The van der Waals surface area contributed by atoms with Crippen LogP contribution in [0.1, 0.15) is 58.4 Å². The van der Waals surface area contributed by atoms with Crippen molar-refractivity contribution in [2.45, 2.75) is 50.6 Å².